The minimum atomic E-state index is -0.0239. The number of carbonyl (C=O) groups excluding carboxylic acids is 1. The number of halogens is 2. The molecule has 0 aromatic heterocycles. The number of nitrogens with one attached hydrogen (secondary N) is 2. The molecule has 24 heavy (non-hydrogen) atoms. The summed E-state index contributed by atoms with van der Waals surface area (Å²) < 4.78 is 1.05. The number of guanidine groups is 1. The highest BCUT2D eigenvalue weighted by Crippen LogP contribution is 2.22. The molecule has 0 spiro atoms. The zero-order chi connectivity index (χ0) is 17.4. The Balaban J connectivity index is 0.00000529. The lowest BCUT2D eigenvalue weighted by Crippen LogP contribution is -2.41. The number of benzene rings is 1. The fraction of sp³-hybridized carbons (Fsp3) is 0.529. The van der Waals surface area contributed by atoms with Gasteiger partial charge in [0.2, 0.25) is 5.91 Å². The van der Waals surface area contributed by atoms with E-state index >= 15 is 0 Å². The lowest BCUT2D eigenvalue weighted by atomic mass is 10.1. The monoisotopic (exact) mass is 510 g/mol. The molecule has 1 atom stereocenters. The molecule has 136 valence electrons. The number of amides is 1. The Bertz CT molecular complexity index is 549. The predicted octanol–water partition coefficient (Wildman–Crippen LogP) is 3.41. The smallest absolute Gasteiger partial charge is 0.243 e. The molecule has 1 amide bonds. The van der Waals surface area contributed by atoms with Gasteiger partial charge in [0.15, 0.2) is 5.96 Å². The van der Waals surface area contributed by atoms with Gasteiger partial charge in [-0.3, -0.25) is 4.79 Å². The fourth-order valence-corrected chi connectivity index (χ4v) is 2.48. The van der Waals surface area contributed by atoms with Gasteiger partial charge >= 0.3 is 0 Å². The van der Waals surface area contributed by atoms with Crippen LogP contribution in [0.3, 0.4) is 0 Å². The second-order valence-electron chi connectivity index (χ2n) is 6.12. The molecule has 7 heteroatoms. The molecule has 0 saturated heterocycles. The summed E-state index contributed by atoms with van der Waals surface area (Å²) in [5.74, 6) is 1.12. The van der Waals surface area contributed by atoms with Crippen LogP contribution < -0.4 is 10.6 Å². The van der Waals surface area contributed by atoms with Crippen molar-refractivity contribution in [1.29, 1.82) is 0 Å². The van der Waals surface area contributed by atoms with Gasteiger partial charge in [0, 0.05) is 25.1 Å². The van der Waals surface area contributed by atoms with Crippen molar-refractivity contribution in [2.24, 2.45) is 10.9 Å². The van der Waals surface area contributed by atoms with Crippen LogP contribution in [0.15, 0.2) is 33.7 Å². The number of nitrogens with zero attached hydrogens (tertiary/aromatic N) is 2. The Labute approximate surface area is 170 Å². The summed E-state index contributed by atoms with van der Waals surface area (Å²) in [4.78, 5) is 17.7. The highest BCUT2D eigenvalue weighted by atomic mass is 127. The van der Waals surface area contributed by atoms with E-state index < -0.39 is 0 Å². The zero-order valence-electron chi connectivity index (χ0n) is 15.0. The summed E-state index contributed by atoms with van der Waals surface area (Å²) in [6.07, 6.45) is 0. The quantitative estimate of drug-likeness (QED) is 0.350. The first kappa shape index (κ1) is 23.2. The minimum Gasteiger partial charge on any atom is -0.356 e. The van der Waals surface area contributed by atoms with Crippen LogP contribution in [0.4, 0.5) is 0 Å². The van der Waals surface area contributed by atoms with E-state index in [-0.39, 0.29) is 42.5 Å². The maximum Gasteiger partial charge on any atom is 0.243 e. The number of rotatable bonds is 6. The van der Waals surface area contributed by atoms with Crippen LogP contribution in [-0.2, 0) is 4.79 Å². The fourth-order valence-electron chi connectivity index (χ4n) is 1.85. The molecule has 0 aliphatic carbocycles. The lowest BCUT2D eigenvalue weighted by Gasteiger charge is -2.20. The number of hydrogen-bond donors (Lipinski definition) is 2. The molecular weight excluding hydrogens is 483 g/mol. The second kappa shape index (κ2) is 11.7. The van der Waals surface area contributed by atoms with Crippen molar-refractivity contribution >= 4 is 51.8 Å². The average molecular weight is 511 g/mol. The summed E-state index contributed by atoms with van der Waals surface area (Å²) in [7, 11) is 3.46. The normalized spacial score (nSPS) is 12.4. The molecule has 1 aromatic rings. The molecule has 5 nitrogen and oxygen atoms in total. The molecule has 1 rings (SSSR count). The van der Waals surface area contributed by atoms with E-state index in [9.17, 15) is 4.79 Å². The molecule has 0 radical (unpaired) electrons. The molecule has 1 aromatic carbocycles. The van der Waals surface area contributed by atoms with E-state index in [0.29, 0.717) is 11.9 Å². The van der Waals surface area contributed by atoms with Crippen LogP contribution in [0.1, 0.15) is 32.4 Å². The van der Waals surface area contributed by atoms with E-state index in [0.717, 1.165) is 16.6 Å². The first-order valence-electron chi connectivity index (χ1n) is 7.80. The average Bonchev–Trinajstić information content (AvgIpc) is 2.49. The maximum atomic E-state index is 11.8. The van der Waals surface area contributed by atoms with Crippen LogP contribution in [-0.4, -0.2) is 44.0 Å². The van der Waals surface area contributed by atoms with Crippen molar-refractivity contribution in [3.8, 4) is 0 Å². The summed E-state index contributed by atoms with van der Waals surface area (Å²) >= 11 is 3.57. The number of aliphatic imine (C=N–C) groups is 1. The van der Waals surface area contributed by atoms with Gasteiger partial charge in [-0.1, -0.05) is 48.0 Å². The van der Waals surface area contributed by atoms with E-state index in [1.165, 1.54) is 0 Å². The predicted molar refractivity (Wildman–Crippen MR) is 115 cm³/mol. The van der Waals surface area contributed by atoms with Gasteiger partial charge in [-0.05, 0) is 24.5 Å². The molecule has 0 bridgehead atoms. The van der Waals surface area contributed by atoms with Gasteiger partial charge in [-0.2, -0.15) is 0 Å². The van der Waals surface area contributed by atoms with Crippen molar-refractivity contribution < 1.29 is 4.79 Å². The highest BCUT2D eigenvalue weighted by Gasteiger charge is 2.12. The van der Waals surface area contributed by atoms with Gasteiger partial charge in [-0.25, -0.2) is 4.99 Å². The Hall–Kier alpha value is -0.830. The van der Waals surface area contributed by atoms with E-state index in [4.69, 9.17) is 0 Å². The van der Waals surface area contributed by atoms with Crippen LogP contribution in [0.25, 0.3) is 0 Å². The molecule has 0 aliphatic rings. The first-order valence-corrected chi connectivity index (χ1v) is 8.60. The van der Waals surface area contributed by atoms with Gasteiger partial charge in [0.25, 0.3) is 0 Å². The standard InChI is InChI=1S/C17H27BrN4O.HI/c1-12(2)10-19-17(20-11-16(23)22(4)5)21-13(3)14-8-6-7-9-15(14)18;/h6-9,12-13H,10-11H2,1-5H3,(H2,19,20,21);1H. The topological polar surface area (TPSA) is 56.7 Å². The summed E-state index contributed by atoms with van der Waals surface area (Å²) in [6, 6.07) is 8.14. The van der Waals surface area contributed by atoms with Crippen LogP contribution in [0.5, 0.6) is 0 Å². The molecule has 0 aliphatic heterocycles. The first-order chi connectivity index (χ1) is 10.8. The molecule has 1 unspecified atom stereocenters. The lowest BCUT2D eigenvalue weighted by molar-refractivity contribution is -0.127. The largest absolute Gasteiger partial charge is 0.356 e. The zero-order valence-corrected chi connectivity index (χ0v) is 18.9. The van der Waals surface area contributed by atoms with Crippen LogP contribution >= 0.6 is 39.9 Å². The highest BCUT2D eigenvalue weighted by molar-refractivity contribution is 14.0. The van der Waals surface area contributed by atoms with Crippen molar-refractivity contribution in [3.05, 3.63) is 34.3 Å². The number of hydrogen-bond acceptors (Lipinski definition) is 2. The molecule has 0 saturated carbocycles. The van der Waals surface area contributed by atoms with Gasteiger partial charge in [-0.15, -0.1) is 24.0 Å². The van der Waals surface area contributed by atoms with Crippen LogP contribution in [0, 0.1) is 5.92 Å². The van der Waals surface area contributed by atoms with Gasteiger partial charge in [0.05, 0.1) is 6.04 Å². The van der Waals surface area contributed by atoms with E-state index in [1.807, 2.05) is 18.2 Å². The molecule has 0 fully saturated rings. The van der Waals surface area contributed by atoms with Crippen molar-refractivity contribution in [3.63, 3.8) is 0 Å². The van der Waals surface area contributed by atoms with E-state index in [1.54, 1.807) is 19.0 Å². The Kier molecular flexibility index (Phi) is 11.3. The number of carbonyl (C=O) groups is 1. The summed E-state index contributed by atoms with van der Waals surface area (Å²) in [5, 5.41) is 6.65. The Morgan fingerprint density at radius 2 is 1.88 bits per heavy atom. The van der Waals surface area contributed by atoms with Crippen LogP contribution in [0.2, 0.25) is 0 Å². The Morgan fingerprint density at radius 1 is 1.25 bits per heavy atom. The maximum absolute atomic E-state index is 11.8. The van der Waals surface area contributed by atoms with Gasteiger partial charge < -0.3 is 15.5 Å². The molecule has 0 heterocycles. The van der Waals surface area contributed by atoms with Crippen molar-refractivity contribution in [2.45, 2.75) is 26.8 Å². The summed E-state index contributed by atoms with van der Waals surface area (Å²) in [5.41, 5.74) is 1.14. The molecular formula is C17H28BrIN4O. The number of likely N-dealkylation sites (N-methyl/N-ethyl adjacent to an activating group) is 1. The molecule has 2 N–H and O–H groups in total. The van der Waals surface area contributed by atoms with Gasteiger partial charge in [0.1, 0.15) is 6.54 Å². The third kappa shape index (κ3) is 8.32. The third-order valence-corrected chi connectivity index (χ3v) is 4.00. The van der Waals surface area contributed by atoms with Crippen molar-refractivity contribution in [1.82, 2.24) is 15.5 Å². The minimum absolute atomic E-state index is 0. The van der Waals surface area contributed by atoms with Crippen molar-refractivity contribution in [2.75, 3.05) is 27.2 Å². The Morgan fingerprint density at radius 3 is 2.42 bits per heavy atom. The second-order valence-corrected chi connectivity index (χ2v) is 6.97. The van der Waals surface area contributed by atoms with E-state index in [2.05, 4.69) is 58.4 Å². The third-order valence-electron chi connectivity index (χ3n) is 3.27. The summed E-state index contributed by atoms with van der Waals surface area (Å²) in [6.45, 7) is 7.26. The SMILES string of the molecule is CC(C)CNC(=NCC(=O)N(C)C)NC(C)c1ccccc1Br.I.